The van der Waals surface area contributed by atoms with Crippen molar-refractivity contribution in [2.45, 2.75) is 12.5 Å². The Bertz CT molecular complexity index is 974. The Morgan fingerprint density at radius 3 is 2.83 bits per heavy atom. The number of fused-ring (bicyclic) bond motifs is 1. The first-order valence-electron chi connectivity index (χ1n) is 7.68. The summed E-state index contributed by atoms with van der Waals surface area (Å²) in [6.45, 7) is 0. The van der Waals surface area contributed by atoms with E-state index in [0.717, 1.165) is 27.7 Å². The standard InChI is InChI=1S/C18H16FN5/c19-14-3-1-2-11(6-14)7-15(20)18-23-16-5-4-12(8-17(16)24-18)13-9-21-22-10-13/h1-6,8-10,15H,7,20H2,(H,21,22)(H,23,24)/t15-/m1/s1. The van der Waals surface area contributed by atoms with Gasteiger partial charge in [-0.3, -0.25) is 5.10 Å². The zero-order valence-electron chi connectivity index (χ0n) is 12.8. The van der Waals surface area contributed by atoms with Crippen LogP contribution in [0.3, 0.4) is 0 Å². The predicted octanol–water partition coefficient (Wildman–Crippen LogP) is 3.33. The number of imidazole rings is 1. The highest BCUT2D eigenvalue weighted by atomic mass is 19.1. The van der Waals surface area contributed by atoms with Gasteiger partial charge >= 0.3 is 0 Å². The van der Waals surface area contributed by atoms with Crippen molar-refractivity contribution in [2.75, 3.05) is 0 Å². The average molecular weight is 321 g/mol. The highest BCUT2D eigenvalue weighted by molar-refractivity contribution is 5.81. The van der Waals surface area contributed by atoms with E-state index in [9.17, 15) is 4.39 Å². The molecule has 0 saturated carbocycles. The number of aromatic amines is 2. The molecular weight excluding hydrogens is 305 g/mol. The van der Waals surface area contributed by atoms with E-state index < -0.39 is 0 Å². The highest BCUT2D eigenvalue weighted by Gasteiger charge is 2.13. The van der Waals surface area contributed by atoms with Crippen LogP contribution in [-0.4, -0.2) is 20.2 Å². The zero-order chi connectivity index (χ0) is 16.5. The van der Waals surface area contributed by atoms with Crippen LogP contribution < -0.4 is 5.73 Å². The van der Waals surface area contributed by atoms with Crippen LogP contribution in [0.25, 0.3) is 22.2 Å². The van der Waals surface area contributed by atoms with Gasteiger partial charge in [0.05, 0.1) is 23.3 Å². The van der Waals surface area contributed by atoms with Gasteiger partial charge in [-0.15, -0.1) is 0 Å². The smallest absolute Gasteiger partial charge is 0.124 e. The number of halogens is 1. The third-order valence-corrected chi connectivity index (χ3v) is 4.03. The summed E-state index contributed by atoms with van der Waals surface area (Å²) in [6.07, 6.45) is 4.13. The summed E-state index contributed by atoms with van der Waals surface area (Å²) in [5.41, 5.74) is 10.9. The fraction of sp³-hybridized carbons (Fsp3) is 0.111. The normalized spacial score (nSPS) is 12.6. The third-order valence-electron chi connectivity index (χ3n) is 4.03. The first-order chi connectivity index (χ1) is 11.7. The van der Waals surface area contributed by atoms with Crippen LogP contribution in [0, 0.1) is 5.82 Å². The Morgan fingerprint density at radius 2 is 2.04 bits per heavy atom. The highest BCUT2D eigenvalue weighted by Crippen LogP contribution is 2.24. The van der Waals surface area contributed by atoms with Crippen molar-refractivity contribution in [1.29, 1.82) is 0 Å². The minimum absolute atomic E-state index is 0.256. The molecule has 0 radical (unpaired) electrons. The fourth-order valence-electron chi connectivity index (χ4n) is 2.81. The van der Waals surface area contributed by atoms with Gasteiger partial charge in [0, 0.05) is 11.8 Å². The van der Waals surface area contributed by atoms with Crippen LogP contribution in [0.4, 0.5) is 4.39 Å². The summed E-state index contributed by atoms with van der Waals surface area (Å²) in [4.78, 5) is 7.83. The molecule has 0 aliphatic carbocycles. The maximum atomic E-state index is 13.3. The molecule has 5 nitrogen and oxygen atoms in total. The summed E-state index contributed by atoms with van der Waals surface area (Å²) in [5, 5.41) is 6.77. The van der Waals surface area contributed by atoms with Gasteiger partial charge < -0.3 is 10.7 Å². The van der Waals surface area contributed by atoms with E-state index in [0.29, 0.717) is 12.2 Å². The van der Waals surface area contributed by atoms with E-state index >= 15 is 0 Å². The molecule has 0 spiro atoms. The lowest BCUT2D eigenvalue weighted by Crippen LogP contribution is -2.15. The largest absolute Gasteiger partial charge is 0.341 e. The number of nitrogens with two attached hydrogens (primary N) is 1. The summed E-state index contributed by atoms with van der Waals surface area (Å²) < 4.78 is 13.3. The van der Waals surface area contributed by atoms with Crippen molar-refractivity contribution in [3.63, 3.8) is 0 Å². The third kappa shape index (κ3) is 2.79. The number of nitrogens with zero attached hydrogens (tertiary/aromatic N) is 2. The molecule has 4 rings (SSSR count). The molecule has 120 valence electrons. The Labute approximate surface area is 137 Å². The number of nitrogens with one attached hydrogen (secondary N) is 2. The lowest BCUT2D eigenvalue weighted by molar-refractivity contribution is 0.619. The minimum Gasteiger partial charge on any atom is -0.341 e. The predicted molar refractivity (Wildman–Crippen MR) is 90.7 cm³/mol. The number of rotatable bonds is 4. The molecule has 0 bridgehead atoms. The molecule has 24 heavy (non-hydrogen) atoms. The molecule has 0 aliphatic rings. The molecule has 0 aliphatic heterocycles. The van der Waals surface area contributed by atoms with Crippen LogP contribution in [0.5, 0.6) is 0 Å². The van der Waals surface area contributed by atoms with Gasteiger partial charge in [0.1, 0.15) is 11.6 Å². The minimum atomic E-state index is -0.323. The van der Waals surface area contributed by atoms with E-state index in [1.165, 1.54) is 12.1 Å². The lowest BCUT2D eigenvalue weighted by atomic mass is 10.1. The second-order valence-corrected chi connectivity index (χ2v) is 5.78. The Hall–Kier alpha value is -2.99. The van der Waals surface area contributed by atoms with Crippen molar-refractivity contribution in [3.05, 3.63) is 72.1 Å². The number of H-pyrrole nitrogens is 2. The molecule has 2 aromatic heterocycles. The van der Waals surface area contributed by atoms with E-state index in [1.54, 1.807) is 12.3 Å². The molecule has 0 amide bonds. The zero-order valence-corrected chi connectivity index (χ0v) is 12.8. The molecule has 6 heteroatoms. The van der Waals surface area contributed by atoms with Crippen LogP contribution in [-0.2, 0) is 6.42 Å². The topological polar surface area (TPSA) is 83.4 Å². The maximum Gasteiger partial charge on any atom is 0.124 e. The van der Waals surface area contributed by atoms with Gasteiger partial charge in [-0.05, 0) is 41.8 Å². The first kappa shape index (κ1) is 14.6. The SMILES string of the molecule is N[C@H](Cc1cccc(F)c1)c1nc2ccc(-c3cn[nH]c3)cc2[nH]1. The monoisotopic (exact) mass is 321 g/mol. The number of benzene rings is 2. The molecule has 0 fully saturated rings. The maximum absolute atomic E-state index is 13.3. The lowest BCUT2D eigenvalue weighted by Gasteiger charge is -2.08. The van der Waals surface area contributed by atoms with Gasteiger partial charge in [0.2, 0.25) is 0 Å². The van der Waals surface area contributed by atoms with Crippen LogP contribution in [0.1, 0.15) is 17.4 Å². The van der Waals surface area contributed by atoms with Crippen LogP contribution in [0.15, 0.2) is 54.9 Å². The van der Waals surface area contributed by atoms with Crippen molar-refractivity contribution < 1.29 is 4.39 Å². The number of hydrogen-bond donors (Lipinski definition) is 3. The van der Waals surface area contributed by atoms with E-state index in [-0.39, 0.29) is 11.9 Å². The van der Waals surface area contributed by atoms with Crippen molar-refractivity contribution in [2.24, 2.45) is 5.73 Å². The van der Waals surface area contributed by atoms with E-state index in [1.807, 2.05) is 30.5 Å². The first-order valence-corrected chi connectivity index (χ1v) is 7.68. The van der Waals surface area contributed by atoms with Crippen molar-refractivity contribution in [1.82, 2.24) is 20.2 Å². The summed E-state index contributed by atoms with van der Waals surface area (Å²) in [6, 6.07) is 12.1. The van der Waals surface area contributed by atoms with Crippen molar-refractivity contribution >= 4 is 11.0 Å². The van der Waals surface area contributed by atoms with E-state index in [2.05, 4.69) is 20.2 Å². The molecule has 4 aromatic rings. The average Bonchev–Trinajstić information content (AvgIpc) is 3.23. The van der Waals surface area contributed by atoms with Gasteiger partial charge in [0.15, 0.2) is 0 Å². The fourth-order valence-corrected chi connectivity index (χ4v) is 2.81. The molecule has 4 N–H and O–H groups in total. The second-order valence-electron chi connectivity index (χ2n) is 5.78. The van der Waals surface area contributed by atoms with Crippen molar-refractivity contribution in [3.8, 4) is 11.1 Å². The molecule has 2 heterocycles. The van der Waals surface area contributed by atoms with Gasteiger partial charge in [-0.25, -0.2) is 9.37 Å². The summed E-state index contributed by atoms with van der Waals surface area (Å²) in [7, 11) is 0. The Kier molecular flexibility index (Phi) is 3.59. The Morgan fingerprint density at radius 1 is 1.12 bits per heavy atom. The van der Waals surface area contributed by atoms with E-state index in [4.69, 9.17) is 5.73 Å². The molecule has 2 aromatic carbocycles. The Balaban J connectivity index is 1.62. The van der Waals surface area contributed by atoms with Crippen LogP contribution in [0.2, 0.25) is 0 Å². The van der Waals surface area contributed by atoms with Crippen LogP contribution >= 0.6 is 0 Å². The molecular formula is C18H16FN5. The summed E-state index contributed by atoms with van der Waals surface area (Å²) in [5.74, 6) is 0.438. The summed E-state index contributed by atoms with van der Waals surface area (Å²) >= 11 is 0. The van der Waals surface area contributed by atoms with Gasteiger partial charge in [-0.1, -0.05) is 18.2 Å². The number of hydrogen-bond acceptors (Lipinski definition) is 3. The molecule has 1 atom stereocenters. The second kappa shape index (κ2) is 5.90. The molecule has 0 unspecified atom stereocenters. The van der Waals surface area contributed by atoms with Gasteiger partial charge in [0.25, 0.3) is 0 Å². The quantitative estimate of drug-likeness (QED) is 0.539. The van der Waals surface area contributed by atoms with Gasteiger partial charge in [-0.2, -0.15) is 5.10 Å². The molecule has 0 saturated heterocycles. The number of aromatic nitrogens is 4.